The van der Waals surface area contributed by atoms with Gasteiger partial charge < -0.3 is 10.4 Å². The number of halogens is 2. The molecule has 0 amide bonds. The summed E-state index contributed by atoms with van der Waals surface area (Å²) in [6.07, 6.45) is 1.26. The molecular weight excluding hydrogens is 362 g/mol. The molecule has 0 aliphatic rings. The fourth-order valence-corrected chi connectivity index (χ4v) is 2.04. The van der Waals surface area contributed by atoms with Crippen molar-refractivity contribution in [2.24, 2.45) is 0 Å². The standard InChI is InChI=1S/C13H10FIN2O2/c1-7-2-3-8(15)6-10(7)17-12-11(14)9(13(18)19)4-5-16-12/h2-6H,1H3,(H,16,17)(H,18,19). The Morgan fingerprint density at radius 2 is 2.16 bits per heavy atom. The molecule has 0 atom stereocenters. The van der Waals surface area contributed by atoms with Crippen LogP contribution in [0.4, 0.5) is 15.9 Å². The first-order valence-corrected chi connectivity index (χ1v) is 6.48. The molecule has 0 spiro atoms. The average Bonchev–Trinajstić information content (AvgIpc) is 2.36. The Hall–Kier alpha value is -1.70. The van der Waals surface area contributed by atoms with Crippen LogP contribution < -0.4 is 5.32 Å². The summed E-state index contributed by atoms with van der Waals surface area (Å²) >= 11 is 2.14. The Morgan fingerprint density at radius 1 is 1.42 bits per heavy atom. The molecule has 0 radical (unpaired) electrons. The SMILES string of the molecule is Cc1ccc(I)cc1Nc1nccc(C(=O)O)c1F. The van der Waals surface area contributed by atoms with Crippen molar-refractivity contribution in [3.63, 3.8) is 0 Å². The summed E-state index contributed by atoms with van der Waals surface area (Å²) in [4.78, 5) is 14.7. The van der Waals surface area contributed by atoms with Crippen LogP contribution in [-0.2, 0) is 0 Å². The lowest BCUT2D eigenvalue weighted by molar-refractivity contribution is 0.0692. The van der Waals surface area contributed by atoms with Gasteiger partial charge in [0, 0.05) is 15.5 Å². The minimum atomic E-state index is -1.32. The Labute approximate surface area is 122 Å². The fourth-order valence-electron chi connectivity index (χ4n) is 1.55. The van der Waals surface area contributed by atoms with Crippen LogP contribution in [0.5, 0.6) is 0 Å². The van der Waals surface area contributed by atoms with Crippen LogP contribution in [0.2, 0.25) is 0 Å². The van der Waals surface area contributed by atoms with Gasteiger partial charge in [-0.25, -0.2) is 14.2 Å². The third-order valence-electron chi connectivity index (χ3n) is 2.57. The fraction of sp³-hybridized carbons (Fsp3) is 0.0769. The second kappa shape index (κ2) is 5.52. The predicted octanol–water partition coefficient (Wildman–Crippen LogP) is 3.58. The number of carbonyl (C=O) groups is 1. The van der Waals surface area contributed by atoms with E-state index >= 15 is 0 Å². The Morgan fingerprint density at radius 3 is 2.84 bits per heavy atom. The number of anilines is 2. The van der Waals surface area contributed by atoms with Crippen molar-refractivity contribution in [1.29, 1.82) is 0 Å². The summed E-state index contributed by atoms with van der Waals surface area (Å²) in [5, 5.41) is 11.7. The van der Waals surface area contributed by atoms with Gasteiger partial charge in [0.2, 0.25) is 0 Å². The maximum atomic E-state index is 13.9. The van der Waals surface area contributed by atoms with E-state index in [0.717, 1.165) is 15.2 Å². The van der Waals surface area contributed by atoms with Crippen molar-refractivity contribution >= 4 is 40.1 Å². The molecule has 2 rings (SSSR count). The average molecular weight is 372 g/mol. The highest BCUT2D eigenvalue weighted by Crippen LogP contribution is 2.24. The molecule has 98 valence electrons. The van der Waals surface area contributed by atoms with Crippen molar-refractivity contribution in [3.05, 3.63) is 51.0 Å². The van der Waals surface area contributed by atoms with Gasteiger partial charge in [-0.3, -0.25) is 0 Å². The van der Waals surface area contributed by atoms with Crippen molar-refractivity contribution in [2.75, 3.05) is 5.32 Å². The maximum absolute atomic E-state index is 13.9. The van der Waals surface area contributed by atoms with Crippen molar-refractivity contribution in [2.45, 2.75) is 6.92 Å². The zero-order chi connectivity index (χ0) is 14.0. The molecule has 0 unspecified atom stereocenters. The third-order valence-corrected chi connectivity index (χ3v) is 3.24. The molecule has 0 fully saturated rings. The lowest BCUT2D eigenvalue weighted by Gasteiger charge is -2.10. The number of rotatable bonds is 3. The van der Waals surface area contributed by atoms with E-state index in [4.69, 9.17) is 5.11 Å². The van der Waals surface area contributed by atoms with Gasteiger partial charge in [-0.05, 0) is 53.3 Å². The summed E-state index contributed by atoms with van der Waals surface area (Å²) in [6.45, 7) is 1.87. The molecule has 2 N–H and O–H groups in total. The number of carboxylic acid groups (broad SMARTS) is 1. The number of hydrogen-bond donors (Lipinski definition) is 2. The first kappa shape index (κ1) is 13.7. The van der Waals surface area contributed by atoms with Crippen molar-refractivity contribution in [3.8, 4) is 0 Å². The number of benzene rings is 1. The zero-order valence-corrected chi connectivity index (χ0v) is 12.1. The number of hydrogen-bond acceptors (Lipinski definition) is 3. The number of pyridine rings is 1. The van der Waals surface area contributed by atoms with E-state index in [1.54, 1.807) is 0 Å². The number of nitrogens with zero attached hydrogens (tertiary/aromatic N) is 1. The van der Waals surface area contributed by atoms with Gasteiger partial charge in [0.05, 0.1) is 0 Å². The van der Waals surface area contributed by atoms with Crippen LogP contribution in [0.1, 0.15) is 15.9 Å². The molecular formula is C13H10FIN2O2. The highest BCUT2D eigenvalue weighted by atomic mass is 127. The molecule has 19 heavy (non-hydrogen) atoms. The molecule has 2 aromatic rings. The van der Waals surface area contributed by atoms with Gasteiger partial charge >= 0.3 is 5.97 Å². The van der Waals surface area contributed by atoms with E-state index in [1.165, 1.54) is 6.20 Å². The first-order valence-electron chi connectivity index (χ1n) is 5.40. The minimum Gasteiger partial charge on any atom is -0.478 e. The van der Waals surface area contributed by atoms with Crippen molar-refractivity contribution in [1.82, 2.24) is 4.98 Å². The van der Waals surface area contributed by atoms with Gasteiger partial charge in [0.15, 0.2) is 11.6 Å². The molecule has 0 aliphatic heterocycles. The van der Waals surface area contributed by atoms with Crippen LogP contribution in [0.25, 0.3) is 0 Å². The molecule has 4 nitrogen and oxygen atoms in total. The number of aromatic carboxylic acids is 1. The Bertz CT molecular complexity index is 647. The monoisotopic (exact) mass is 372 g/mol. The molecule has 1 aromatic carbocycles. The maximum Gasteiger partial charge on any atom is 0.338 e. The number of aryl methyl sites for hydroxylation is 1. The van der Waals surface area contributed by atoms with Crippen LogP contribution in [0.3, 0.4) is 0 Å². The quantitative estimate of drug-likeness (QED) is 0.809. The van der Waals surface area contributed by atoms with Gasteiger partial charge in [0.1, 0.15) is 5.56 Å². The molecule has 0 aliphatic carbocycles. The smallest absolute Gasteiger partial charge is 0.338 e. The minimum absolute atomic E-state index is 0.0926. The Kier molecular flexibility index (Phi) is 3.98. The number of carboxylic acids is 1. The summed E-state index contributed by atoms with van der Waals surface area (Å²) in [5.41, 5.74) is 1.21. The lowest BCUT2D eigenvalue weighted by Crippen LogP contribution is -2.06. The third kappa shape index (κ3) is 3.01. The lowest BCUT2D eigenvalue weighted by atomic mass is 10.2. The van der Waals surface area contributed by atoms with E-state index in [1.807, 2.05) is 25.1 Å². The normalized spacial score (nSPS) is 10.3. The summed E-state index contributed by atoms with van der Waals surface area (Å²) in [6, 6.07) is 6.79. The van der Waals surface area contributed by atoms with Crippen LogP contribution in [-0.4, -0.2) is 16.1 Å². The molecule has 1 aromatic heterocycles. The summed E-state index contributed by atoms with van der Waals surface area (Å²) < 4.78 is 14.9. The van der Waals surface area contributed by atoms with Gasteiger partial charge in [-0.15, -0.1) is 0 Å². The van der Waals surface area contributed by atoms with Gasteiger partial charge in [0.25, 0.3) is 0 Å². The summed E-state index contributed by atoms with van der Waals surface area (Å²) in [7, 11) is 0. The molecule has 0 bridgehead atoms. The Balaban J connectivity index is 2.41. The van der Waals surface area contributed by atoms with E-state index < -0.39 is 17.3 Å². The topological polar surface area (TPSA) is 62.2 Å². The number of nitrogens with one attached hydrogen (secondary N) is 1. The largest absolute Gasteiger partial charge is 0.478 e. The molecule has 0 saturated carbocycles. The second-order valence-corrected chi connectivity index (χ2v) is 5.16. The number of aromatic nitrogens is 1. The van der Waals surface area contributed by atoms with Crippen molar-refractivity contribution < 1.29 is 14.3 Å². The van der Waals surface area contributed by atoms with E-state index in [-0.39, 0.29) is 5.82 Å². The van der Waals surface area contributed by atoms with Gasteiger partial charge in [-0.2, -0.15) is 0 Å². The van der Waals surface area contributed by atoms with Crippen LogP contribution >= 0.6 is 22.6 Å². The molecule has 6 heteroatoms. The van der Waals surface area contributed by atoms with E-state index in [9.17, 15) is 9.18 Å². The summed E-state index contributed by atoms with van der Waals surface area (Å²) in [5.74, 6) is -2.28. The van der Waals surface area contributed by atoms with Crippen LogP contribution in [0, 0.1) is 16.3 Å². The molecule has 0 saturated heterocycles. The van der Waals surface area contributed by atoms with E-state index in [2.05, 4.69) is 32.9 Å². The predicted molar refractivity (Wildman–Crippen MR) is 78.3 cm³/mol. The first-order chi connectivity index (χ1) is 8.99. The molecule has 1 heterocycles. The highest BCUT2D eigenvalue weighted by Gasteiger charge is 2.15. The highest BCUT2D eigenvalue weighted by molar-refractivity contribution is 14.1. The van der Waals surface area contributed by atoms with E-state index in [0.29, 0.717) is 5.69 Å². The van der Waals surface area contributed by atoms with Gasteiger partial charge in [-0.1, -0.05) is 6.07 Å². The second-order valence-electron chi connectivity index (χ2n) is 3.91. The zero-order valence-electron chi connectivity index (χ0n) is 9.95. The van der Waals surface area contributed by atoms with Crippen LogP contribution in [0.15, 0.2) is 30.5 Å².